The minimum Gasteiger partial charge on any atom is -0.302 e. The first-order valence-electron chi connectivity index (χ1n) is 9.69. The highest BCUT2D eigenvalue weighted by Gasteiger charge is 2.30. The lowest BCUT2D eigenvalue weighted by molar-refractivity contribution is 0.0373. The van der Waals surface area contributed by atoms with Gasteiger partial charge in [0, 0.05) is 24.0 Å². The summed E-state index contributed by atoms with van der Waals surface area (Å²) in [6.45, 7) is 2.01. The predicted octanol–water partition coefficient (Wildman–Crippen LogP) is 4.16. The van der Waals surface area contributed by atoms with Crippen molar-refractivity contribution in [3.63, 3.8) is 0 Å². The van der Waals surface area contributed by atoms with Crippen LogP contribution in [0, 0.1) is 12.7 Å². The summed E-state index contributed by atoms with van der Waals surface area (Å²) in [7, 11) is 0. The van der Waals surface area contributed by atoms with Crippen LogP contribution in [0.5, 0.6) is 0 Å². The number of amides is 1. The zero-order valence-corrected chi connectivity index (χ0v) is 16.6. The summed E-state index contributed by atoms with van der Waals surface area (Å²) in [4.78, 5) is 19.9. The fourth-order valence-corrected chi connectivity index (χ4v) is 3.69. The van der Waals surface area contributed by atoms with E-state index in [0.29, 0.717) is 34.0 Å². The summed E-state index contributed by atoms with van der Waals surface area (Å²) < 4.78 is 15.6. The van der Waals surface area contributed by atoms with E-state index in [1.807, 2.05) is 19.1 Å². The molecule has 0 saturated carbocycles. The van der Waals surface area contributed by atoms with Crippen LogP contribution in [0.4, 0.5) is 15.8 Å². The summed E-state index contributed by atoms with van der Waals surface area (Å²) in [5.74, 6) is -0.433. The van der Waals surface area contributed by atoms with E-state index in [-0.39, 0.29) is 12.5 Å². The van der Waals surface area contributed by atoms with Gasteiger partial charge in [-0.15, -0.1) is 0 Å². The zero-order chi connectivity index (χ0) is 21.5. The van der Waals surface area contributed by atoms with Gasteiger partial charge in [0.25, 0.3) is 5.91 Å². The molecule has 1 amide bonds. The van der Waals surface area contributed by atoms with Gasteiger partial charge in [0.05, 0.1) is 34.9 Å². The highest BCUT2D eigenvalue weighted by molar-refractivity contribution is 6.13. The van der Waals surface area contributed by atoms with Crippen molar-refractivity contribution in [2.75, 3.05) is 11.4 Å². The number of fused-ring (bicyclic) bond motifs is 2. The van der Waals surface area contributed by atoms with E-state index in [4.69, 9.17) is 0 Å². The number of benzene rings is 2. The highest BCUT2D eigenvalue weighted by atomic mass is 19.1. The Kier molecular flexibility index (Phi) is 4.48. The Labute approximate surface area is 177 Å². The topological polar surface area (TPSA) is 74.0 Å². The SMILES string of the molecule is Cc1ccn(-c2cc(F)ccc2C(=O)N2CC3=CC=CN(O)C3=Nc3ccccc32)n1. The number of nitrogens with zero attached hydrogens (tertiary/aromatic N) is 5. The second-order valence-corrected chi connectivity index (χ2v) is 7.26. The number of aryl methyl sites for hydroxylation is 1. The predicted molar refractivity (Wildman–Crippen MR) is 114 cm³/mol. The molecule has 0 unspecified atom stereocenters. The lowest BCUT2D eigenvalue weighted by atomic mass is 10.1. The third-order valence-corrected chi connectivity index (χ3v) is 5.16. The van der Waals surface area contributed by atoms with Gasteiger partial charge in [-0.3, -0.25) is 10.0 Å². The first kappa shape index (κ1) is 19.0. The molecule has 3 heterocycles. The highest BCUT2D eigenvalue weighted by Crippen LogP contribution is 2.35. The molecule has 1 aromatic heterocycles. The average Bonchev–Trinajstić information content (AvgIpc) is 3.12. The van der Waals surface area contributed by atoms with Crippen molar-refractivity contribution in [3.8, 4) is 5.69 Å². The lowest BCUT2D eigenvalue weighted by Crippen LogP contribution is -2.36. The molecular weight excluding hydrogens is 397 g/mol. The Morgan fingerprint density at radius 3 is 2.77 bits per heavy atom. The van der Waals surface area contributed by atoms with Gasteiger partial charge in [0.2, 0.25) is 0 Å². The number of rotatable bonds is 2. The van der Waals surface area contributed by atoms with Crippen LogP contribution in [0.15, 0.2) is 83.6 Å². The smallest absolute Gasteiger partial charge is 0.260 e. The molecular formula is C23H18FN5O2. The van der Waals surface area contributed by atoms with E-state index in [2.05, 4.69) is 10.1 Å². The summed E-state index contributed by atoms with van der Waals surface area (Å²) in [5.41, 5.74) is 3.21. The van der Waals surface area contributed by atoms with E-state index >= 15 is 0 Å². The summed E-state index contributed by atoms with van der Waals surface area (Å²) in [6.07, 6.45) is 6.67. The Morgan fingerprint density at radius 2 is 1.97 bits per heavy atom. The molecule has 8 heteroatoms. The largest absolute Gasteiger partial charge is 0.302 e. The Morgan fingerprint density at radius 1 is 1.13 bits per heavy atom. The number of halogens is 1. The number of carbonyl (C=O) groups excluding carboxylic acids is 1. The van der Waals surface area contributed by atoms with Crippen LogP contribution in [0.3, 0.4) is 0 Å². The molecule has 1 N–H and O–H groups in total. The van der Waals surface area contributed by atoms with Crippen LogP contribution >= 0.6 is 0 Å². The number of aromatic nitrogens is 2. The van der Waals surface area contributed by atoms with Crippen molar-refractivity contribution < 1.29 is 14.4 Å². The normalized spacial score (nSPS) is 15.1. The molecule has 0 fully saturated rings. The molecule has 0 bridgehead atoms. The first-order chi connectivity index (χ1) is 15.0. The van der Waals surface area contributed by atoms with Gasteiger partial charge in [-0.05, 0) is 43.3 Å². The average molecular weight is 415 g/mol. The fraction of sp³-hybridized carbons (Fsp3) is 0.0870. The molecule has 31 heavy (non-hydrogen) atoms. The number of hydrogen-bond donors (Lipinski definition) is 1. The first-order valence-corrected chi connectivity index (χ1v) is 9.69. The van der Waals surface area contributed by atoms with Crippen LogP contribution in [0.1, 0.15) is 16.1 Å². The third-order valence-electron chi connectivity index (χ3n) is 5.16. The fourth-order valence-electron chi connectivity index (χ4n) is 3.69. The lowest BCUT2D eigenvalue weighted by Gasteiger charge is -2.25. The van der Waals surface area contributed by atoms with E-state index < -0.39 is 5.82 Å². The molecule has 2 aromatic carbocycles. The Hall–Kier alpha value is -4.04. The van der Waals surface area contributed by atoms with Crippen molar-refractivity contribution in [1.82, 2.24) is 14.8 Å². The number of carbonyl (C=O) groups is 1. The molecule has 3 aromatic rings. The van der Waals surface area contributed by atoms with Crippen molar-refractivity contribution in [2.24, 2.45) is 4.99 Å². The van der Waals surface area contributed by atoms with Crippen molar-refractivity contribution in [1.29, 1.82) is 0 Å². The molecule has 7 nitrogen and oxygen atoms in total. The van der Waals surface area contributed by atoms with Crippen LogP contribution in [-0.2, 0) is 0 Å². The van der Waals surface area contributed by atoms with Crippen LogP contribution in [0.2, 0.25) is 0 Å². The molecule has 0 saturated heterocycles. The minimum atomic E-state index is -0.461. The number of hydroxylamine groups is 2. The third kappa shape index (κ3) is 3.32. The molecule has 0 aliphatic carbocycles. The number of hydrogen-bond acceptors (Lipinski definition) is 5. The van der Waals surface area contributed by atoms with Gasteiger partial charge in [-0.1, -0.05) is 18.2 Å². The van der Waals surface area contributed by atoms with E-state index in [1.54, 1.807) is 41.4 Å². The van der Waals surface area contributed by atoms with Gasteiger partial charge in [0.15, 0.2) is 5.84 Å². The van der Waals surface area contributed by atoms with Gasteiger partial charge in [-0.2, -0.15) is 5.10 Å². The maximum Gasteiger partial charge on any atom is 0.260 e. The molecule has 2 aliphatic heterocycles. The number of aliphatic imine (C=N–C) groups is 1. The quantitative estimate of drug-likeness (QED) is 0.682. The number of amidine groups is 1. The van der Waals surface area contributed by atoms with Crippen molar-refractivity contribution in [3.05, 3.63) is 95.7 Å². The molecule has 2 aliphatic rings. The molecule has 0 atom stereocenters. The molecule has 5 rings (SSSR count). The van der Waals surface area contributed by atoms with Gasteiger partial charge < -0.3 is 4.90 Å². The van der Waals surface area contributed by atoms with Crippen LogP contribution in [0.25, 0.3) is 5.69 Å². The number of anilines is 1. The van der Waals surface area contributed by atoms with Crippen molar-refractivity contribution >= 4 is 23.1 Å². The second-order valence-electron chi connectivity index (χ2n) is 7.26. The summed E-state index contributed by atoms with van der Waals surface area (Å²) >= 11 is 0. The second kappa shape index (κ2) is 7.33. The van der Waals surface area contributed by atoms with Crippen molar-refractivity contribution in [2.45, 2.75) is 6.92 Å². The standard InChI is InChI=1S/C23H18FN5O2/c1-15-10-12-28(26-15)21-13-17(24)8-9-18(21)23(30)27-14-16-5-4-11-29(31)22(16)25-19-6-2-3-7-20(19)27/h2-13,31H,14H2,1H3. The minimum absolute atomic E-state index is 0.186. The summed E-state index contributed by atoms with van der Waals surface area (Å²) in [5, 5.41) is 15.5. The molecule has 0 radical (unpaired) electrons. The molecule has 154 valence electrons. The number of para-hydroxylation sites is 2. The Bertz CT molecular complexity index is 1290. The zero-order valence-electron chi connectivity index (χ0n) is 16.6. The van der Waals surface area contributed by atoms with Gasteiger partial charge in [0.1, 0.15) is 5.82 Å². The monoisotopic (exact) mass is 415 g/mol. The van der Waals surface area contributed by atoms with E-state index in [1.165, 1.54) is 29.1 Å². The van der Waals surface area contributed by atoms with E-state index in [0.717, 1.165) is 10.8 Å². The van der Waals surface area contributed by atoms with Gasteiger partial charge in [-0.25, -0.2) is 19.1 Å². The maximum absolute atomic E-state index is 14.1. The molecule has 0 spiro atoms. The van der Waals surface area contributed by atoms with E-state index in [9.17, 15) is 14.4 Å². The Balaban J connectivity index is 1.64. The number of allylic oxidation sites excluding steroid dienone is 2. The van der Waals surface area contributed by atoms with Gasteiger partial charge >= 0.3 is 0 Å². The van der Waals surface area contributed by atoms with Crippen LogP contribution < -0.4 is 4.90 Å². The summed E-state index contributed by atoms with van der Waals surface area (Å²) in [6, 6.07) is 13.0. The maximum atomic E-state index is 14.1. The van der Waals surface area contributed by atoms with Crippen LogP contribution in [-0.4, -0.2) is 38.3 Å².